The fourth-order valence-corrected chi connectivity index (χ4v) is 7.36. The standard InChI is InChI=1S/C30H24N6O.C20H17N5O2/c1-20(33-30-31-17-16-28(35-30)36-19-32-26-13-4-5-15-27(26)36)22-10-6-11-23(18-22)29(37)34-25-14-7-9-21-8-2-3-12-24(21)25;1-13(14-5-4-6-15(11-14)19(26)27)23-20-21-10-9-18(24-20)25-12-22-16-7-2-3-8-17(16)25/h2-20H,1H3,(H,34,37)(H,31,33,35);2-13H,1H3,(H,26,27)(H,21,23,24)/t20-;13-/m00/s1. The average Bonchev–Trinajstić information content (AvgIpc) is 3.97. The molecular formula is C50H41N11O3. The molecule has 314 valence electrons. The van der Waals surface area contributed by atoms with Crippen molar-refractivity contribution >= 4 is 62.3 Å². The third-order valence-corrected chi connectivity index (χ3v) is 10.7. The molecule has 0 bridgehead atoms. The minimum Gasteiger partial charge on any atom is -0.478 e. The largest absolute Gasteiger partial charge is 0.478 e. The van der Waals surface area contributed by atoms with Gasteiger partial charge in [0.2, 0.25) is 11.9 Å². The van der Waals surface area contributed by atoms with Crippen LogP contribution in [0.15, 0.2) is 177 Å². The van der Waals surface area contributed by atoms with Crippen LogP contribution in [0.4, 0.5) is 17.6 Å². The van der Waals surface area contributed by atoms with Gasteiger partial charge in [0.05, 0.1) is 39.7 Å². The molecule has 0 saturated heterocycles. The topological polar surface area (TPSA) is 178 Å². The van der Waals surface area contributed by atoms with Crippen LogP contribution < -0.4 is 16.0 Å². The predicted molar refractivity (Wildman–Crippen MR) is 249 cm³/mol. The SMILES string of the molecule is C[C@H](Nc1nccc(-n2cnc3ccccc32)n1)c1cccc(C(=O)Nc2cccc3ccccc23)c1.C[C@H](Nc1nccc(-n2cnc3ccccc32)n1)c1cccc(C(=O)O)c1. The number of carboxylic acids is 1. The summed E-state index contributed by atoms with van der Waals surface area (Å²) in [6, 6.07) is 47.4. The lowest BCUT2D eigenvalue weighted by atomic mass is 10.0. The summed E-state index contributed by atoms with van der Waals surface area (Å²) in [5.41, 5.74) is 7.16. The van der Waals surface area contributed by atoms with Crippen LogP contribution >= 0.6 is 0 Å². The summed E-state index contributed by atoms with van der Waals surface area (Å²) in [5.74, 6) is 1.27. The Kier molecular flexibility index (Phi) is 11.5. The maximum atomic E-state index is 13.1. The number of hydrogen-bond acceptors (Lipinski definition) is 10. The summed E-state index contributed by atoms with van der Waals surface area (Å²) in [6.45, 7) is 3.95. The third-order valence-electron chi connectivity index (χ3n) is 10.7. The van der Waals surface area contributed by atoms with Crippen molar-refractivity contribution in [2.45, 2.75) is 25.9 Å². The summed E-state index contributed by atoms with van der Waals surface area (Å²) in [5, 5.41) is 20.9. The zero-order valence-electron chi connectivity index (χ0n) is 34.7. The number of benzene rings is 6. The summed E-state index contributed by atoms with van der Waals surface area (Å²) >= 11 is 0. The highest BCUT2D eigenvalue weighted by atomic mass is 16.4. The number of carbonyl (C=O) groups excluding carboxylic acids is 1. The maximum Gasteiger partial charge on any atom is 0.335 e. The van der Waals surface area contributed by atoms with Crippen molar-refractivity contribution in [2.75, 3.05) is 16.0 Å². The molecule has 0 aliphatic rings. The van der Waals surface area contributed by atoms with Gasteiger partial charge in [-0.1, -0.05) is 84.9 Å². The Bertz CT molecular complexity index is 3290. The van der Waals surface area contributed by atoms with E-state index in [2.05, 4.69) is 40.9 Å². The number of aromatic nitrogens is 8. The van der Waals surface area contributed by atoms with Gasteiger partial charge in [-0.2, -0.15) is 9.97 Å². The first-order valence-corrected chi connectivity index (χ1v) is 20.5. The zero-order chi connectivity index (χ0) is 44.0. The van der Waals surface area contributed by atoms with Crippen LogP contribution in [0.25, 0.3) is 44.5 Å². The number of rotatable bonds is 11. The van der Waals surface area contributed by atoms with E-state index in [1.54, 1.807) is 43.2 Å². The molecule has 4 heterocycles. The Morgan fingerprint density at radius 3 is 1.64 bits per heavy atom. The fraction of sp³-hybridized carbons (Fsp3) is 0.0800. The lowest BCUT2D eigenvalue weighted by Crippen LogP contribution is -2.14. The minimum atomic E-state index is -0.950. The lowest BCUT2D eigenvalue weighted by molar-refractivity contribution is 0.0696. The van der Waals surface area contributed by atoms with Gasteiger partial charge in [0.15, 0.2) is 0 Å². The molecule has 0 saturated carbocycles. The zero-order valence-corrected chi connectivity index (χ0v) is 34.7. The second-order valence-corrected chi connectivity index (χ2v) is 15.0. The van der Waals surface area contributed by atoms with Gasteiger partial charge in [0.1, 0.15) is 24.3 Å². The maximum absolute atomic E-state index is 13.1. The lowest BCUT2D eigenvalue weighted by Gasteiger charge is -2.16. The molecular weight excluding hydrogens is 803 g/mol. The molecule has 4 aromatic heterocycles. The number of carboxylic acid groups (broad SMARTS) is 1. The molecule has 4 N–H and O–H groups in total. The first-order chi connectivity index (χ1) is 31.3. The van der Waals surface area contributed by atoms with E-state index in [4.69, 9.17) is 10.1 Å². The molecule has 14 heteroatoms. The van der Waals surface area contributed by atoms with E-state index in [1.165, 1.54) is 0 Å². The Hall–Kier alpha value is -8.78. The molecule has 0 fully saturated rings. The summed E-state index contributed by atoms with van der Waals surface area (Å²) in [7, 11) is 0. The van der Waals surface area contributed by atoms with Crippen LogP contribution in [0.3, 0.4) is 0 Å². The molecule has 0 aliphatic heterocycles. The van der Waals surface area contributed by atoms with Crippen molar-refractivity contribution < 1.29 is 14.7 Å². The van der Waals surface area contributed by atoms with Crippen LogP contribution in [0, 0.1) is 0 Å². The molecule has 1 amide bonds. The van der Waals surface area contributed by atoms with Gasteiger partial charge in [-0.05, 0) is 97.1 Å². The van der Waals surface area contributed by atoms with Crippen molar-refractivity contribution in [3.8, 4) is 11.6 Å². The molecule has 6 aromatic carbocycles. The van der Waals surface area contributed by atoms with Crippen molar-refractivity contribution in [3.05, 3.63) is 199 Å². The van der Waals surface area contributed by atoms with Gasteiger partial charge in [-0.3, -0.25) is 13.9 Å². The van der Waals surface area contributed by atoms with Gasteiger partial charge in [-0.15, -0.1) is 0 Å². The predicted octanol–water partition coefficient (Wildman–Crippen LogP) is 10.1. The molecule has 10 rings (SSSR count). The van der Waals surface area contributed by atoms with Crippen LogP contribution in [0.1, 0.15) is 57.8 Å². The van der Waals surface area contributed by atoms with E-state index >= 15 is 0 Å². The van der Waals surface area contributed by atoms with Gasteiger partial charge in [0, 0.05) is 29.0 Å². The summed E-state index contributed by atoms with van der Waals surface area (Å²) in [6.07, 6.45) is 6.90. The van der Waals surface area contributed by atoms with E-state index < -0.39 is 5.97 Å². The van der Waals surface area contributed by atoms with Crippen LogP contribution in [0.2, 0.25) is 0 Å². The highest BCUT2D eigenvalue weighted by molar-refractivity contribution is 6.09. The second-order valence-electron chi connectivity index (χ2n) is 15.0. The van der Waals surface area contributed by atoms with Crippen LogP contribution in [0.5, 0.6) is 0 Å². The number of nitrogens with one attached hydrogen (secondary N) is 3. The number of fused-ring (bicyclic) bond motifs is 3. The Balaban J connectivity index is 0.000000170. The van der Waals surface area contributed by atoms with Gasteiger partial charge in [0.25, 0.3) is 5.91 Å². The van der Waals surface area contributed by atoms with E-state index in [0.29, 0.717) is 23.3 Å². The average molecular weight is 844 g/mol. The number of amides is 1. The first kappa shape index (κ1) is 40.6. The number of nitrogens with zero attached hydrogens (tertiary/aromatic N) is 8. The van der Waals surface area contributed by atoms with Crippen LogP contribution in [-0.2, 0) is 0 Å². The molecule has 14 nitrogen and oxygen atoms in total. The van der Waals surface area contributed by atoms with Crippen molar-refractivity contribution in [1.29, 1.82) is 0 Å². The third kappa shape index (κ3) is 8.83. The monoisotopic (exact) mass is 843 g/mol. The first-order valence-electron chi connectivity index (χ1n) is 20.5. The number of hydrogen-bond donors (Lipinski definition) is 4. The van der Waals surface area contributed by atoms with E-state index in [1.807, 2.05) is 156 Å². The number of anilines is 3. The fourth-order valence-electron chi connectivity index (χ4n) is 7.36. The number of aromatic carboxylic acids is 1. The van der Waals surface area contributed by atoms with E-state index in [-0.39, 0.29) is 23.6 Å². The molecule has 2 atom stereocenters. The molecule has 10 aromatic rings. The van der Waals surface area contributed by atoms with Crippen LogP contribution in [-0.4, -0.2) is 56.0 Å². The minimum absolute atomic E-state index is 0.125. The number of imidazole rings is 2. The summed E-state index contributed by atoms with van der Waals surface area (Å²) in [4.78, 5) is 51.1. The highest BCUT2D eigenvalue weighted by Gasteiger charge is 2.15. The highest BCUT2D eigenvalue weighted by Crippen LogP contribution is 2.26. The van der Waals surface area contributed by atoms with Gasteiger partial charge >= 0.3 is 5.97 Å². The Morgan fingerprint density at radius 1 is 0.547 bits per heavy atom. The Morgan fingerprint density at radius 2 is 1.05 bits per heavy atom. The Labute approximate surface area is 367 Å². The molecule has 64 heavy (non-hydrogen) atoms. The molecule has 0 aliphatic carbocycles. The summed E-state index contributed by atoms with van der Waals surface area (Å²) < 4.78 is 3.84. The van der Waals surface area contributed by atoms with Gasteiger partial charge < -0.3 is 21.1 Å². The number of carbonyl (C=O) groups is 2. The molecule has 0 spiro atoms. The normalized spacial score (nSPS) is 12.0. The molecule has 0 radical (unpaired) electrons. The quantitative estimate of drug-likeness (QED) is 0.0974. The smallest absolute Gasteiger partial charge is 0.335 e. The van der Waals surface area contributed by atoms with E-state index in [9.17, 15) is 9.59 Å². The van der Waals surface area contributed by atoms with Gasteiger partial charge in [-0.25, -0.2) is 24.7 Å². The molecule has 0 unspecified atom stereocenters. The van der Waals surface area contributed by atoms with Crippen molar-refractivity contribution in [2.24, 2.45) is 0 Å². The number of para-hydroxylation sites is 4. The second kappa shape index (κ2) is 18.1. The van der Waals surface area contributed by atoms with E-state index in [0.717, 1.165) is 55.5 Å². The van der Waals surface area contributed by atoms with Crippen molar-refractivity contribution in [1.82, 2.24) is 39.0 Å². The van der Waals surface area contributed by atoms with Crippen molar-refractivity contribution in [3.63, 3.8) is 0 Å².